The third-order valence-electron chi connectivity index (χ3n) is 3.21. The maximum absolute atomic E-state index is 11.6. The molecule has 1 amide bonds. The van der Waals surface area contributed by atoms with Crippen LogP contribution in [0.15, 0.2) is 0 Å². The minimum absolute atomic E-state index is 0.111. The molecule has 4 nitrogen and oxygen atoms in total. The molecule has 126 valence electrons. The number of hydrogen-bond donors (Lipinski definition) is 2. The lowest BCUT2D eigenvalue weighted by molar-refractivity contribution is 0.0513. The molecule has 4 heteroatoms. The lowest BCUT2D eigenvalue weighted by Gasteiger charge is -2.28. The predicted molar refractivity (Wildman–Crippen MR) is 89.7 cm³/mol. The number of carbonyl (C=O) groups is 1. The molecule has 0 rings (SSSR count). The Balaban J connectivity index is 3.71. The van der Waals surface area contributed by atoms with Crippen molar-refractivity contribution in [3.63, 3.8) is 0 Å². The second-order valence-electron chi connectivity index (χ2n) is 7.43. The van der Waals surface area contributed by atoms with Crippen LogP contribution in [-0.2, 0) is 4.74 Å². The lowest BCUT2D eigenvalue weighted by Crippen LogP contribution is -2.50. The Kier molecular flexibility index (Phi) is 9.67. The summed E-state index contributed by atoms with van der Waals surface area (Å²) in [6, 6.07) is 0. The zero-order chi connectivity index (χ0) is 16.4. The monoisotopic (exact) mass is 300 g/mol. The fourth-order valence-corrected chi connectivity index (χ4v) is 2.00. The van der Waals surface area contributed by atoms with E-state index in [1.54, 1.807) is 0 Å². The van der Waals surface area contributed by atoms with Gasteiger partial charge in [0.25, 0.3) is 0 Å². The van der Waals surface area contributed by atoms with Crippen LogP contribution in [0.1, 0.15) is 80.1 Å². The summed E-state index contributed by atoms with van der Waals surface area (Å²) in [7, 11) is 0. The summed E-state index contributed by atoms with van der Waals surface area (Å²) < 4.78 is 5.24. The van der Waals surface area contributed by atoms with Crippen molar-refractivity contribution < 1.29 is 9.53 Å². The molecule has 0 atom stereocenters. The highest BCUT2D eigenvalue weighted by molar-refractivity contribution is 5.67. The molecule has 21 heavy (non-hydrogen) atoms. The zero-order valence-electron chi connectivity index (χ0n) is 15.0. The highest BCUT2D eigenvalue weighted by atomic mass is 16.6. The first-order valence-corrected chi connectivity index (χ1v) is 8.38. The highest BCUT2D eigenvalue weighted by Gasteiger charge is 2.20. The Morgan fingerprint density at radius 3 is 2.10 bits per heavy atom. The van der Waals surface area contributed by atoms with Gasteiger partial charge in [0.1, 0.15) is 5.60 Å². The van der Waals surface area contributed by atoms with Crippen LogP contribution >= 0.6 is 0 Å². The van der Waals surface area contributed by atoms with Crippen LogP contribution in [0.5, 0.6) is 0 Å². The van der Waals surface area contributed by atoms with Crippen LogP contribution in [0.25, 0.3) is 0 Å². The second-order valence-corrected chi connectivity index (χ2v) is 7.43. The van der Waals surface area contributed by atoms with Gasteiger partial charge in [-0.2, -0.15) is 0 Å². The molecule has 0 aromatic heterocycles. The van der Waals surface area contributed by atoms with Gasteiger partial charge in [0, 0.05) is 12.1 Å². The maximum Gasteiger partial charge on any atom is 0.407 e. The van der Waals surface area contributed by atoms with E-state index in [9.17, 15) is 4.79 Å². The van der Waals surface area contributed by atoms with Crippen molar-refractivity contribution in [2.24, 2.45) is 0 Å². The van der Waals surface area contributed by atoms with Gasteiger partial charge in [-0.1, -0.05) is 39.0 Å². The molecular formula is C17H36N2O2. The summed E-state index contributed by atoms with van der Waals surface area (Å²) in [5.41, 5.74) is -0.555. The van der Waals surface area contributed by atoms with Gasteiger partial charge in [-0.3, -0.25) is 0 Å². The van der Waals surface area contributed by atoms with Gasteiger partial charge in [-0.15, -0.1) is 0 Å². The average molecular weight is 300 g/mol. The average Bonchev–Trinajstić information content (AvgIpc) is 2.33. The highest BCUT2D eigenvalue weighted by Crippen LogP contribution is 2.08. The van der Waals surface area contributed by atoms with Crippen molar-refractivity contribution in [1.29, 1.82) is 0 Å². The van der Waals surface area contributed by atoms with Crippen molar-refractivity contribution in [2.75, 3.05) is 13.1 Å². The number of rotatable bonds is 10. The van der Waals surface area contributed by atoms with E-state index in [2.05, 4.69) is 31.4 Å². The molecule has 0 aliphatic rings. The SMILES string of the molecule is CCCCCCCCNC(C)(C)CNC(=O)OC(C)(C)C. The first kappa shape index (κ1) is 20.2. The first-order chi connectivity index (χ1) is 9.66. The molecular weight excluding hydrogens is 264 g/mol. The van der Waals surface area contributed by atoms with Crippen LogP contribution in [0.4, 0.5) is 4.79 Å². The molecule has 0 aliphatic carbocycles. The van der Waals surface area contributed by atoms with Crippen LogP contribution in [0.3, 0.4) is 0 Å². The van der Waals surface area contributed by atoms with Crippen molar-refractivity contribution in [1.82, 2.24) is 10.6 Å². The number of unbranched alkanes of at least 4 members (excludes halogenated alkanes) is 5. The van der Waals surface area contributed by atoms with E-state index >= 15 is 0 Å². The number of alkyl carbamates (subject to hydrolysis) is 1. The topological polar surface area (TPSA) is 50.4 Å². The van der Waals surface area contributed by atoms with Gasteiger partial charge in [-0.25, -0.2) is 4.79 Å². The largest absolute Gasteiger partial charge is 0.444 e. The van der Waals surface area contributed by atoms with Gasteiger partial charge in [0.15, 0.2) is 0 Å². The Morgan fingerprint density at radius 2 is 1.52 bits per heavy atom. The van der Waals surface area contributed by atoms with Gasteiger partial charge in [0.05, 0.1) is 0 Å². The summed E-state index contributed by atoms with van der Waals surface area (Å²) in [5.74, 6) is 0. The Hall–Kier alpha value is -0.770. The van der Waals surface area contributed by atoms with E-state index < -0.39 is 5.60 Å². The van der Waals surface area contributed by atoms with Crippen molar-refractivity contribution >= 4 is 6.09 Å². The van der Waals surface area contributed by atoms with Crippen molar-refractivity contribution in [2.45, 2.75) is 91.2 Å². The van der Waals surface area contributed by atoms with E-state index in [0.717, 1.165) is 6.54 Å². The lowest BCUT2D eigenvalue weighted by atomic mass is 10.1. The minimum atomic E-state index is -0.444. The van der Waals surface area contributed by atoms with Gasteiger partial charge in [0.2, 0.25) is 0 Å². The Bertz CT molecular complexity index is 283. The molecule has 0 fully saturated rings. The van der Waals surface area contributed by atoms with Crippen molar-refractivity contribution in [3.8, 4) is 0 Å². The maximum atomic E-state index is 11.6. The Labute approximate surface area is 131 Å². The van der Waals surface area contributed by atoms with Gasteiger partial charge >= 0.3 is 6.09 Å². The molecule has 0 aromatic carbocycles. The summed E-state index contributed by atoms with van der Waals surface area (Å²) in [5, 5.41) is 6.32. The normalized spacial score (nSPS) is 12.3. The fraction of sp³-hybridized carbons (Fsp3) is 0.941. The molecule has 0 unspecified atom stereocenters. The molecule has 0 aromatic rings. The smallest absolute Gasteiger partial charge is 0.407 e. The van der Waals surface area contributed by atoms with Crippen LogP contribution in [-0.4, -0.2) is 30.3 Å². The standard InChI is InChI=1S/C17H36N2O2/c1-7-8-9-10-11-12-13-19-17(5,6)14-18-15(20)21-16(2,3)4/h19H,7-14H2,1-6H3,(H,18,20). The zero-order valence-corrected chi connectivity index (χ0v) is 15.0. The molecule has 0 spiro atoms. The number of nitrogens with one attached hydrogen (secondary N) is 2. The summed E-state index contributed by atoms with van der Waals surface area (Å²) in [4.78, 5) is 11.6. The molecule has 0 saturated carbocycles. The summed E-state index contributed by atoms with van der Waals surface area (Å²) in [6.45, 7) is 13.6. The van der Waals surface area contributed by atoms with E-state index in [1.165, 1.54) is 38.5 Å². The molecule has 0 bridgehead atoms. The van der Waals surface area contributed by atoms with Crippen LogP contribution in [0, 0.1) is 0 Å². The number of amides is 1. The second kappa shape index (κ2) is 10.0. The van der Waals surface area contributed by atoms with E-state index in [-0.39, 0.29) is 11.6 Å². The molecule has 0 heterocycles. The first-order valence-electron chi connectivity index (χ1n) is 8.38. The van der Waals surface area contributed by atoms with Crippen LogP contribution in [0.2, 0.25) is 0 Å². The van der Waals surface area contributed by atoms with E-state index in [0.29, 0.717) is 6.54 Å². The molecule has 0 aliphatic heterocycles. The third-order valence-corrected chi connectivity index (χ3v) is 3.21. The number of ether oxygens (including phenoxy) is 1. The van der Waals surface area contributed by atoms with Crippen molar-refractivity contribution in [3.05, 3.63) is 0 Å². The molecule has 2 N–H and O–H groups in total. The fourth-order valence-electron chi connectivity index (χ4n) is 2.00. The van der Waals surface area contributed by atoms with Gasteiger partial charge < -0.3 is 15.4 Å². The predicted octanol–water partition coefficient (Wildman–Crippen LogP) is 4.24. The number of carbonyl (C=O) groups excluding carboxylic acids is 1. The van der Waals surface area contributed by atoms with Crippen LogP contribution < -0.4 is 10.6 Å². The Morgan fingerprint density at radius 1 is 0.952 bits per heavy atom. The van der Waals surface area contributed by atoms with E-state index in [1.807, 2.05) is 20.8 Å². The quantitative estimate of drug-likeness (QED) is 0.593. The minimum Gasteiger partial charge on any atom is -0.444 e. The summed E-state index contributed by atoms with van der Waals surface area (Å²) in [6.07, 6.45) is 7.44. The van der Waals surface area contributed by atoms with Gasteiger partial charge in [-0.05, 0) is 47.6 Å². The molecule has 0 radical (unpaired) electrons. The third kappa shape index (κ3) is 13.9. The summed E-state index contributed by atoms with van der Waals surface area (Å²) >= 11 is 0. The van der Waals surface area contributed by atoms with E-state index in [4.69, 9.17) is 4.74 Å². The molecule has 0 saturated heterocycles. The number of hydrogen-bond acceptors (Lipinski definition) is 3.